The van der Waals surface area contributed by atoms with Gasteiger partial charge in [0.05, 0.1) is 5.56 Å². The van der Waals surface area contributed by atoms with Crippen LogP contribution in [0.4, 0.5) is 4.39 Å². The van der Waals surface area contributed by atoms with Crippen molar-refractivity contribution < 1.29 is 18.7 Å². The minimum atomic E-state index is -0.520. The molecule has 0 bridgehead atoms. The van der Waals surface area contributed by atoms with E-state index >= 15 is 0 Å². The molecular formula is C13H16FNO3. The number of halogens is 1. The molecule has 0 aliphatic rings. The molecule has 98 valence electrons. The maximum atomic E-state index is 12.8. The van der Waals surface area contributed by atoms with Crippen molar-refractivity contribution in [3.8, 4) is 5.75 Å². The molecule has 1 aromatic rings. The molecule has 18 heavy (non-hydrogen) atoms. The van der Waals surface area contributed by atoms with Crippen LogP contribution < -0.4 is 10.1 Å². The highest BCUT2D eigenvalue weighted by Gasteiger charge is 2.07. The van der Waals surface area contributed by atoms with Crippen LogP contribution in [-0.4, -0.2) is 25.3 Å². The summed E-state index contributed by atoms with van der Waals surface area (Å²) >= 11 is 0. The van der Waals surface area contributed by atoms with Gasteiger partial charge in [-0.2, -0.15) is 0 Å². The van der Waals surface area contributed by atoms with Gasteiger partial charge in [-0.3, -0.25) is 9.59 Å². The van der Waals surface area contributed by atoms with Crippen molar-refractivity contribution in [2.24, 2.45) is 5.92 Å². The fourth-order valence-corrected chi connectivity index (χ4v) is 1.26. The number of hydrogen-bond acceptors (Lipinski definition) is 3. The number of ether oxygens (including phenoxy) is 1. The summed E-state index contributed by atoms with van der Waals surface area (Å²) in [6.45, 7) is 4.32. The van der Waals surface area contributed by atoms with E-state index in [0.717, 1.165) is 6.07 Å². The van der Waals surface area contributed by atoms with Crippen LogP contribution >= 0.6 is 0 Å². The zero-order chi connectivity index (χ0) is 13.5. The number of hydrogen-bond donors (Lipinski definition) is 1. The summed E-state index contributed by atoms with van der Waals surface area (Å²) < 4.78 is 18.0. The van der Waals surface area contributed by atoms with Crippen molar-refractivity contribution in [2.45, 2.75) is 13.8 Å². The Kier molecular flexibility index (Phi) is 5.30. The number of amides is 1. The summed E-state index contributed by atoms with van der Waals surface area (Å²) in [5.41, 5.74) is 0.0895. The molecule has 0 aliphatic heterocycles. The van der Waals surface area contributed by atoms with E-state index in [0.29, 0.717) is 18.7 Å². The zero-order valence-electron chi connectivity index (χ0n) is 10.4. The predicted molar refractivity (Wildman–Crippen MR) is 65.1 cm³/mol. The Balaban J connectivity index is 2.53. The van der Waals surface area contributed by atoms with Crippen LogP contribution in [0.25, 0.3) is 0 Å². The van der Waals surface area contributed by atoms with E-state index in [-0.39, 0.29) is 23.8 Å². The van der Waals surface area contributed by atoms with Crippen molar-refractivity contribution in [3.63, 3.8) is 0 Å². The van der Waals surface area contributed by atoms with Crippen molar-refractivity contribution in [2.75, 3.05) is 13.2 Å². The molecular weight excluding hydrogens is 237 g/mol. The second kappa shape index (κ2) is 6.74. The monoisotopic (exact) mass is 253 g/mol. The van der Waals surface area contributed by atoms with Crippen LogP contribution in [0.2, 0.25) is 0 Å². The third-order valence-electron chi connectivity index (χ3n) is 2.17. The third-order valence-corrected chi connectivity index (χ3v) is 2.17. The molecule has 0 aliphatic carbocycles. The van der Waals surface area contributed by atoms with E-state index in [2.05, 4.69) is 5.32 Å². The smallest absolute Gasteiger partial charge is 0.257 e. The van der Waals surface area contributed by atoms with Gasteiger partial charge >= 0.3 is 0 Å². The van der Waals surface area contributed by atoms with E-state index in [4.69, 9.17) is 4.74 Å². The Morgan fingerprint density at radius 3 is 2.83 bits per heavy atom. The second-order valence-corrected chi connectivity index (χ2v) is 4.29. The first kappa shape index (κ1) is 14.2. The summed E-state index contributed by atoms with van der Waals surface area (Å²) in [4.78, 5) is 22.1. The molecule has 0 unspecified atom stereocenters. The lowest BCUT2D eigenvalue weighted by atomic mass is 10.2. The lowest BCUT2D eigenvalue weighted by Gasteiger charge is -2.10. The van der Waals surface area contributed by atoms with Crippen LogP contribution in [0.15, 0.2) is 18.2 Å². The lowest BCUT2D eigenvalue weighted by molar-refractivity contribution is -0.123. The molecule has 1 aromatic carbocycles. The molecule has 0 fully saturated rings. The van der Waals surface area contributed by atoms with E-state index < -0.39 is 5.82 Å². The Hall–Kier alpha value is -1.91. The topological polar surface area (TPSA) is 55.4 Å². The van der Waals surface area contributed by atoms with Crippen molar-refractivity contribution in [1.82, 2.24) is 5.32 Å². The minimum Gasteiger partial charge on any atom is -0.483 e. The van der Waals surface area contributed by atoms with Gasteiger partial charge in [-0.05, 0) is 24.1 Å². The molecule has 1 rings (SSSR count). The zero-order valence-corrected chi connectivity index (χ0v) is 10.4. The summed E-state index contributed by atoms with van der Waals surface area (Å²) in [7, 11) is 0. The van der Waals surface area contributed by atoms with Crippen molar-refractivity contribution in [1.29, 1.82) is 0 Å². The molecule has 0 aromatic heterocycles. The molecule has 0 saturated heterocycles. The molecule has 0 heterocycles. The number of carbonyl (C=O) groups is 2. The van der Waals surface area contributed by atoms with Gasteiger partial charge < -0.3 is 10.1 Å². The van der Waals surface area contributed by atoms with Crippen LogP contribution in [0.3, 0.4) is 0 Å². The van der Waals surface area contributed by atoms with Gasteiger partial charge in [0.2, 0.25) is 0 Å². The van der Waals surface area contributed by atoms with Crippen molar-refractivity contribution >= 4 is 12.2 Å². The SMILES string of the molecule is CC(C)CNC(=O)COc1ccc(F)cc1C=O. The molecule has 0 atom stereocenters. The molecule has 1 amide bonds. The largest absolute Gasteiger partial charge is 0.483 e. The van der Waals surface area contributed by atoms with Gasteiger partial charge in [0.15, 0.2) is 12.9 Å². The average Bonchev–Trinajstić information content (AvgIpc) is 2.34. The van der Waals surface area contributed by atoms with Gasteiger partial charge in [0.25, 0.3) is 5.91 Å². The normalized spacial score (nSPS) is 10.2. The minimum absolute atomic E-state index is 0.0895. The van der Waals surface area contributed by atoms with Crippen molar-refractivity contribution in [3.05, 3.63) is 29.6 Å². The first-order chi connectivity index (χ1) is 8.52. The van der Waals surface area contributed by atoms with E-state index in [1.165, 1.54) is 12.1 Å². The summed E-state index contributed by atoms with van der Waals surface area (Å²) in [6, 6.07) is 3.57. The molecule has 0 spiro atoms. The third kappa shape index (κ3) is 4.53. The maximum Gasteiger partial charge on any atom is 0.257 e. The van der Waals surface area contributed by atoms with Crippen LogP contribution in [0.5, 0.6) is 5.75 Å². The van der Waals surface area contributed by atoms with Crippen LogP contribution in [0, 0.1) is 11.7 Å². The number of benzene rings is 1. The summed E-state index contributed by atoms with van der Waals surface area (Å²) in [6.07, 6.45) is 0.491. The fourth-order valence-electron chi connectivity index (χ4n) is 1.26. The Labute approximate surface area is 105 Å². The standard InChI is InChI=1S/C13H16FNO3/c1-9(2)6-15-13(17)8-18-12-4-3-11(14)5-10(12)7-16/h3-5,7,9H,6,8H2,1-2H3,(H,15,17). The molecule has 4 nitrogen and oxygen atoms in total. The average molecular weight is 253 g/mol. The van der Waals surface area contributed by atoms with Gasteiger partial charge in [-0.25, -0.2) is 4.39 Å². The molecule has 0 radical (unpaired) electrons. The fraction of sp³-hybridized carbons (Fsp3) is 0.385. The number of aldehydes is 1. The summed E-state index contributed by atoms with van der Waals surface area (Å²) in [5, 5.41) is 2.67. The van der Waals surface area contributed by atoms with Gasteiger partial charge in [0, 0.05) is 6.54 Å². The first-order valence-corrected chi connectivity index (χ1v) is 5.67. The quantitative estimate of drug-likeness (QED) is 0.786. The van der Waals surface area contributed by atoms with Crippen LogP contribution in [0.1, 0.15) is 24.2 Å². The lowest BCUT2D eigenvalue weighted by Crippen LogP contribution is -2.31. The maximum absolute atomic E-state index is 12.8. The van der Waals surface area contributed by atoms with Gasteiger partial charge in [-0.15, -0.1) is 0 Å². The first-order valence-electron chi connectivity index (χ1n) is 5.67. The second-order valence-electron chi connectivity index (χ2n) is 4.29. The molecule has 0 saturated carbocycles. The predicted octanol–water partition coefficient (Wildman–Crippen LogP) is 1.79. The molecule has 5 heteroatoms. The highest BCUT2D eigenvalue weighted by Crippen LogP contribution is 2.17. The van der Waals surface area contributed by atoms with Gasteiger partial charge in [-0.1, -0.05) is 13.8 Å². The van der Waals surface area contributed by atoms with Crippen LogP contribution in [-0.2, 0) is 4.79 Å². The van der Waals surface area contributed by atoms with E-state index in [1.807, 2.05) is 13.8 Å². The number of nitrogens with one attached hydrogen (secondary N) is 1. The Morgan fingerprint density at radius 2 is 2.22 bits per heavy atom. The van der Waals surface area contributed by atoms with E-state index in [9.17, 15) is 14.0 Å². The van der Waals surface area contributed by atoms with Gasteiger partial charge in [0.1, 0.15) is 11.6 Å². The Bertz CT molecular complexity index is 432. The highest BCUT2D eigenvalue weighted by atomic mass is 19.1. The highest BCUT2D eigenvalue weighted by molar-refractivity contribution is 5.80. The number of rotatable bonds is 6. The number of carbonyl (C=O) groups excluding carboxylic acids is 2. The molecule has 1 N–H and O–H groups in total. The Morgan fingerprint density at radius 1 is 1.50 bits per heavy atom. The summed E-state index contributed by atoms with van der Waals surface area (Å²) in [5.74, 6) is -0.241. The van der Waals surface area contributed by atoms with E-state index in [1.54, 1.807) is 0 Å².